The summed E-state index contributed by atoms with van der Waals surface area (Å²) in [5, 5.41) is 2.68. The van der Waals surface area contributed by atoms with Gasteiger partial charge in [-0.3, -0.25) is 5.32 Å². The molecule has 1 aromatic rings. The first-order valence-electron chi connectivity index (χ1n) is 6.64. The molecule has 0 spiro atoms. The van der Waals surface area contributed by atoms with Crippen molar-refractivity contribution < 1.29 is 14.3 Å². The van der Waals surface area contributed by atoms with Gasteiger partial charge in [-0.05, 0) is 45.7 Å². The van der Waals surface area contributed by atoms with Gasteiger partial charge in [-0.2, -0.15) is 0 Å². The second-order valence-electron chi connectivity index (χ2n) is 5.83. The monoisotopic (exact) mass is 280 g/mol. The van der Waals surface area contributed by atoms with Crippen LogP contribution >= 0.6 is 0 Å². The maximum Gasteiger partial charge on any atom is 0.412 e. The van der Waals surface area contributed by atoms with Crippen LogP contribution in [0.1, 0.15) is 33.3 Å². The molecule has 0 fully saturated rings. The summed E-state index contributed by atoms with van der Waals surface area (Å²) < 4.78 is 10.5. The van der Waals surface area contributed by atoms with Gasteiger partial charge in [0.05, 0.1) is 7.11 Å². The fourth-order valence-electron chi connectivity index (χ4n) is 1.76. The van der Waals surface area contributed by atoms with Crippen molar-refractivity contribution in [2.75, 3.05) is 12.4 Å². The van der Waals surface area contributed by atoms with Crippen molar-refractivity contribution in [3.8, 4) is 5.75 Å². The number of hydrogen-bond acceptors (Lipinski definition) is 4. The van der Waals surface area contributed by atoms with Crippen LogP contribution in [-0.4, -0.2) is 24.8 Å². The van der Waals surface area contributed by atoms with E-state index in [-0.39, 0.29) is 6.04 Å². The molecule has 0 aliphatic carbocycles. The van der Waals surface area contributed by atoms with E-state index in [4.69, 9.17) is 15.2 Å². The van der Waals surface area contributed by atoms with Crippen molar-refractivity contribution in [2.45, 2.75) is 45.8 Å². The molecule has 3 N–H and O–H groups in total. The second kappa shape index (κ2) is 6.61. The maximum atomic E-state index is 11.7. The van der Waals surface area contributed by atoms with E-state index >= 15 is 0 Å². The van der Waals surface area contributed by atoms with Crippen LogP contribution in [0, 0.1) is 0 Å². The molecule has 0 bridgehead atoms. The van der Waals surface area contributed by atoms with Gasteiger partial charge in [-0.25, -0.2) is 4.79 Å². The number of nitrogens with one attached hydrogen (secondary N) is 1. The van der Waals surface area contributed by atoms with Gasteiger partial charge < -0.3 is 15.2 Å². The molecule has 112 valence electrons. The molecule has 0 heterocycles. The zero-order valence-electron chi connectivity index (χ0n) is 12.8. The summed E-state index contributed by atoms with van der Waals surface area (Å²) >= 11 is 0. The third-order valence-corrected chi connectivity index (χ3v) is 2.47. The third kappa shape index (κ3) is 5.48. The number of carbonyl (C=O) groups excluding carboxylic acids is 1. The van der Waals surface area contributed by atoms with Crippen LogP contribution in [0.5, 0.6) is 5.75 Å². The Bertz CT molecular complexity index is 465. The van der Waals surface area contributed by atoms with Crippen LogP contribution in [0.25, 0.3) is 0 Å². The van der Waals surface area contributed by atoms with Crippen LogP contribution in [0.15, 0.2) is 18.2 Å². The van der Waals surface area contributed by atoms with Gasteiger partial charge in [-0.1, -0.05) is 6.07 Å². The highest BCUT2D eigenvalue weighted by Gasteiger charge is 2.16. The quantitative estimate of drug-likeness (QED) is 0.889. The molecule has 0 saturated heterocycles. The predicted molar refractivity (Wildman–Crippen MR) is 80.2 cm³/mol. The number of methoxy groups -OCH3 is 1. The Hall–Kier alpha value is -1.75. The van der Waals surface area contributed by atoms with E-state index < -0.39 is 11.7 Å². The molecular formula is C15H24N2O3. The lowest BCUT2D eigenvalue weighted by Gasteiger charge is -2.20. The summed E-state index contributed by atoms with van der Waals surface area (Å²) in [6.07, 6.45) is 0.232. The van der Waals surface area contributed by atoms with Crippen LogP contribution in [0.2, 0.25) is 0 Å². The molecule has 0 aliphatic heterocycles. The number of ether oxygens (including phenoxy) is 2. The van der Waals surface area contributed by atoms with Gasteiger partial charge in [0.25, 0.3) is 0 Å². The average Bonchev–Trinajstić information content (AvgIpc) is 2.27. The van der Waals surface area contributed by atoms with Gasteiger partial charge in [0.2, 0.25) is 0 Å². The number of hydrogen-bond donors (Lipinski definition) is 2. The molecule has 20 heavy (non-hydrogen) atoms. The smallest absolute Gasteiger partial charge is 0.412 e. The largest absolute Gasteiger partial charge is 0.496 e. The molecule has 5 heteroatoms. The molecule has 1 amide bonds. The third-order valence-electron chi connectivity index (χ3n) is 2.47. The van der Waals surface area contributed by atoms with Gasteiger partial charge in [0.15, 0.2) is 0 Å². The number of anilines is 1. The summed E-state index contributed by atoms with van der Waals surface area (Å²) in [5.74, 6) is 0.704. The van der Waals surface area contributed by atoms with Gasteiger partial charge in [0.1, 0.15) is 11.4 Å². The topological polar surface area (TPSA) is 73.6 Å². The summed E-state index contributed by atoms with van der Waals surface area (Å²) in [5.41, 5.74) is 6.91. The van der Waals surface area contributed by atoms with Crippen LogP contribution < -0.4 is 15.8 Å². The predicted octanol–water partition coefficient (Wildman–Crippen LogP) is 2.93. The minimum Gasteiger partial charge on any atom is -0.496 e. The molecule has 1 aromatic carbocycles. The van der Waals surface area contributed by atoms with Gasteiger partial charge >= 0.3 is 6.09 Å². The van der Waals surface area contributed by atoms with E-state index in [1.54, 1.807) is 13.2 Å². The highest BCUT2D eigenvalue weighted by Crippen LogP contribution is 2.24. The number of nitrogens with two attached hydrogens (primary N) is 1. The standard InChI is InChI=1S/C15H24N2O3/c1-10(16)8-11-6-7-12(9-13(11)19-5)17-14(18)20-15(2,3)4/h6-7,9-10H,8,16H2,1-5H3,(H,17,18)/t10-/m1/s1. The Labute approximate surface area is 120 Å². The minimum atomic E-state index is -0.525. The Morgan fingerprint density at radius 1 is 1.40 bits per heavy atom. The molecule has 5 nitrogen and oxygen atoms in total. The molecule has 0 aromatic heterocycles. The number of amides is 1. The fraction of sp³-hybridized carbons (Fsp3) is 0.533. The van der Waals surface area contributed by atoms with E-state index in [0.717, 1.165) is 12.0 Å². The zero-order chi connectivity index (χ0) is 15.3. The molecular weight excluding hydrogens is 256 g/mol. The first kappa shape index (κ1) is 16.3. The Balaban J connectivity index is 2.80. The molecule has 0 saturated carbocycles. The van der Waals surface area contributed by atoms with Crippen LogP contribution in [0.3, 0.4) is 0 Å². The van der Waals surface area contributed by atoms with Crippen molar-refractivity contribution in [1.29, 1.82) is 0 Å². The minimum absolute atomic E-state index is 0.0496. The summed E-state index contributed by atoms with van der Waals surface area (Å²) in [7, 11) is 1.59. The molecule has 0 radical (unpaired) electrons. The van der Waals surface area contributed by atoms with Crippen molar-refractivity contribution in [1.82, 2.24) is 0 Å². The summed E-state index contributed by atoms with van der Waals surface area (Å²) in [6.45, 7) is 7.39. The Morgan fingerprint density at radius 3 is 2.55 bits per heavy atom. The lowest BCUT2D eigenvalue weighted by Crippen LogP contribution is -2.27. The first-order valence-corrected chi connectivity index (χ1v) is 6.64. The number of benzene rings is 1. The zero-order valence-corrected chi connectivity index (χ0v) is 12.8. The van der Waals surface area contributed by atoms with Crippen LogP contribution in [0.4, 0.5) is 10.5 Å². The molecule has 0 aliphatic rings. The van der Waals surface area contributed by atoms with Crippen molar-refractivity contribution in [3.05, 3.63) is 23.8 Å². The lowest BCUT2D eigenvalue weighted by atomic mass is 10.1. The molecule has 0 unspecified atom stereocenters. The van der Waals surface area contributed by atoms with Gasteiger partial charge in [0, 0.05) is 17.8 Å². The van der Waals surface area contributed by atoms with Crippen molar-refractivity contribution >= 4 is 11.8 Å². The van der Waals surface area contributed by atoms with E-state index in [2.05, 4.69) is 5.32 Å². The fourth-order valence-corrected chi connectivity index (χ4v) is 1.76. The molecule has 1 rings (SSSR count). The van der Waals surface area contributed by atoms with E-state index in [0.29, 0.717) is 11.4 Å². The van der Waals surface area contributed by atoms with E-state index in [9.17, 15) is 4.79 Å². The molecule has 1 atom stereocenters. The van der Waals surface area contributed by atoms with E-state index in [1.165, 1.54) is 0 Å². The normalized spacial score (nSPS) is 12.7. The lowest BCUT2D eigenvalue weighted by molar-refractivity contribution is 0.0636. The number of carbonyl (C=O) groups is 1. The maximum absolute atomic E-state index is 11.7. The first-order chi connectivity index (χ1) is 9.21. The summed E-state index contributed by atoms with van der Waals surface area (Å²) in [4.78, 5) is 11.7. The average molecular weight is 280 g/mol. The van der Waals surface area contributed by atoms with Gasteiger partial charge in [-0.15, -0.1) is 0 Å². The summed E-state index contributed by atoms with van der Waals surface area (Å²) in [6, 6.07) is 5.52. The Morgan fingerprint density at radius 2 is 2.05 bits per heavy atom. The highest BCUT2D eigenvalue weighted by atomic mass is 16.6. The number of rotatable bonds is 4. The second-order valence-corrected chi connectivity index (χ2v) is 5.83. The van der Waals surface area contributed by atoms with Crippen LogP contribution in [-0.2, 0) is 11.2 Å². The van der Waals surface area contributed by atoms with Crippen molar-refractivity contribution in [2.24, 2.45) is 5.73 Å². The van der Waals surface area contributed by atoms with Crippen molar-refractivity contribution in [3.63, 3.8) is 0 Å². The highest BCUT2D eigenvalue weighted by molar-refractivity contribution is 5.85. The Kier molecular flexibility index (Phi) is 5.39. The SMILES string of the molecule is COc1cc(NC(=O)OC(C)(C)C)ccc1C[C@@H](C)N. The van der Waals surface area contributed by atoms with E-state index in [1.807, 2.05) is 39.8 Å².